The van der Waals surface area contributed by atoms with Crippen LogP contribution < -0.4 is 14.8 Å². The monoisotopic (exact) mass is 400 g/mol. The van der Waals surface area contributed by atoms with Gasteiger partial charge in [-0.3, -0.25) is 4.84 Å². The number of rotatable bonds is 8. The fraction of sp³-hybridized carbons (Fsp3) is 0.278. The van der Waals surface area contributed by atoms with E-state index >= 15 is 0 Å². The number of halogens is 3. The Morgan fingerprint density at radius 2 is 1.89 bits per heavy atom. The first kappa shape index (κ1) is 20.7. The summed E-state index contributed by atoms with van der Waals surface area (Å²) in [5, 5.41) is 3.72. The number of benzene rings is 2. The van der Waals surface area contributed by atoms with E-state index in [-0.39, 0.29) is 5.75 Å². The number of carbonyl (C=O) groups is 1. The van der Waals surface area contributed by atoms with Crippen LogP contribution in [0.4, 0.5) is 19.3 Å². The summed E-state index contributed by atoms with van der Waals surface area (Å²) in [7, 11) is 2.87. The molecule has 0 fully saturated rings. The Morgan fingerprint density at radius 1 is 1.19 bits per heavy atom. The molecule has 27 heavy (non-hydrogen) atoms. The van der Waals surface area contributed by atoms with Gasteiger partial charge in [-0.2, -0.15) is 0 Å². The van der Waals surface area contributed by atoms with Gasteiger partial charge in [0.05, 0.1) is 13.7 Å². The molecule has 0 heterocycles. The fourth-order valence-corrected chi connectivity index (χ4v) is 2.18. The quantitative estimate of drug-likeness (QED) is 0.523. The smallest absolute Gasteiger partial charge is 0.487 e. The van der Waals surface area contributed by atoms with Gasteiger partial charge in [0.2, 0.25) is 0 Å². The van der Waals surface area contributed by atoms with Crippen LogP contribution in [0.1, 0.15) is 5.56 Å². The lowest BCUT2D eigenvalue weighted by Gasteiger charge is -2.15. The van der Waals surface area contributed by atoms with Gasteiger partial charge in [-0.05, 0) is 29.8 Å². The minimum atomic E-state index is -3.73. The molecular formula is C18H19ClF2N2O4. The summed E-state index contributed by atoms with van der Waals surface area (Å²) in [6.07, 6.45) is 0.556. The molecule has 0 spiro atoms. The molecule has 0 aliphatic heterocycles. The molecule has 2 aromatic rings. The Balaban J connectivity index is 1.85. The molecule has 0 bridgehead atoms. The summed E-state index contributed by atoms with van der Waals surface area (Å²) >= 11 is 4.72. The third-order valence-corrected chi connectivity index (χ3v) is 3.54. The summed E-state index contributed by atoms with van der Waals surface area (Å²) in [4.78, 5) is 16.5. The average Bonchev–Trinajstić information content (AvgIpc) is 2.61. The van der Waals surface area contributed by atoms with Crippen molar-refractivity contribution in [3.8, 4) is 11.5 Å². The second-order valence-electron chi connectivity index (χ2n) is 5.43. The molecule has 2 amide bonds. The predicted octanol–water partition coefficient (Wildman–Crippen LogP) is 4.50. The molecule has 0 saturated heterocycles. The zero-order valence-corrected chi connectivity index (χ0v) is 15.5. The lowest BCUT2D eigenvalue weighted by Crippen LogP contribution is -2.30. The fourth-order valence-electron chi connectivity index (χ4n) is 2.09. The SMILES string of the molecule is CON(C)C(=O)Nc1cccc(OCCc2ccc(OC(F)(F)Cl)cc2)c1. The molecular weight excluding hydrogens is 382 g/mol. The van der Waals surface area contributed by atoms with Crippen molar-refractivity contribution in [3.63, 3.8) is 0 Å². The highest BCUT2D eigenvalue weighted by molar-refractivity contribution is 6.20. The first-order valence-electron chi connectivity index (χ1n) is 7.93. The zero-order valence-electron chi connectivity index (χ0n) is 14.7. The summed E-state index contributed by atoms with van der Waals surface area (Å²) in [5.74, 6) is 0.554. The van der Waals surface area contributed by atoms with Crippen molar-refractivity contribution in [2.75, 3.05) is 26.1 Å². The van der Waals surface area contributed by atoms with Crippen LogP contribution >= 0.6 is 11.6 Å². The molecule has 0 aliphatic carbocycles. The van der Waals surface area contributed by atoms with Crippen LogP contribution in [-0.2, 0) is 11.3 Å². The van der Waals surface area contributed by atoms with Gasteiger partial charge < -0.3 is 14.8 Å². The van der Waals surface area contributed by atoms with Crippen molar-refractivity contribution in [2.45, 2.75) is 12.0 Å². The van der Waals surface area contributed by atoms with Crippen LogP contribution in [0, 0.1) is 0 Å². The number of nitrogens with one attached hydrogen (secondary N) is 1. The number of anilines is 1. The van der Waals surface area contributed by atoms with Crippen molar-refractivity contribution in [2.24, 2.45) is 0 Å². The highest BCUT2D eigenvalue weighted by Gasteiger charge is 2.27. The maximum atomic E-state index is 12.6. The standard InChI is InChI=1S/C18H19ClF2N2O4/c1-23(25-2)17(24)22-14-4-3-5-16(12-14)26-11-10-13-6-8-15(9-7-13)27-18(19,20)21/h3-9,12H,10-11H2,1-2H3,(H,22,24). The first-order chi connectivity index (χ1) is 12.8. The molecule has 0 aliphatic rings. The molecule has 6 nitrogen and oxygen atoms in total. The van der Waals surface area contributed by atoms with E-state index in [0.29, 0.717) is 24.5 Å². The summed E-state index contributed by atoms with van der Waals surface area (Å²) in [6.45, 7) is 0.362. The molecule has 1 N–H and O–H groups in total. The van der Waals surface area contributed by atoms with E-state index in [0.717, 1.165) is 10.6 Å². The molecule has 0 atom stereocenters. The van der Waals surface area contributed by atoms with Crippen molar-refractivity contribution >= 4 is 23.3 Å². The summed E-state index contributed by atoms with van der Waals surface area (Å²) in [5.41, 5.74) is -2.29. The molecule has 0 aromatic heterocycles. The van der Waals surface area contributed by atoms with Crippen LogP contribution in [0.2, 0.25) is 0 Å². The number of carbonyl (C=O) groups excluding carboxylic acids is 1. The number of alkyl halides is 3. The third-order valence-electron chi connectivity index (χ3n) is 3.46. The van der Waals surface area contributed by atoms with E-state index < -0.39 is 11.6 Å². The molecule has 146 valence electrons. The first-order valence-corrected chi connectivity index (χ1v) is 8.31. The second kappa shape index (κ2) is 9.38. The van der Waals surface area contributed by atoms with Crippen LogP contribution in [0.5, 0.6) is 11.5 Å². The molecule has 2 aromatic carbocycles. The van der Waals surface area contributed by atoms with Crippen molar-refractivity contribution < 1.29 is 27.9 Å². The van der Waals surface area contributed by atoms with Gasteiger partial charge in [-0.15, -0.1) is 8.78 Å². The number of amides is 2. The lowest BCUT2D eigenvalue weighted by atomic mass is 10.1. The van der Waals surface area contributed by atoms with Gasteiger partial charge in [-0.25, -0.2) is 9.86 Å². The van der Waals surface area contributed by atoms with Gasteiger partial charge in [0.1, 0.15) is 11.5 Å². The largest absolute Gasteiger partial charge is 0.493 e. The molecule has 0 radical (unpaired) electrons. The van der Waals surface area contributed by atoms with Gasteiger partial charge in [0, 0.05) is 36.8 Å². The molecule has 0 unspecified atom stereocenters. The molecule has 0 saturated carbocycles. The van der Waals surface area contributed by atoms with E-state index in [1.807, 2.05) is 0 Å². The molecule has 9 heteroatoms. The van der Waals surface area contributed by atoms with Crippen LogP contribution in [-0.4, -0.2) is 37.4 Å². The Labute approximate surface area is 160 Å². The summed E-state index contributed by atoms with van der Waals surface area (Å²) < 4.78 is 35.0. The third kappa shape index (κ3) is 7.28. The topological polar surface area (TPSA) is 60.0 Å². The average molecular weight is 401 g/mol. The normalized spacial score (nSPS) is 11.0. The number of ether oxygens (including phenoxy) is 2. The summed E-state index contributed by atoms with van der Waals surface area (Å²) in [6, 6.07) is 12.6. The van der Waals surface area contributed by atoms with E-state index in [1.165, 1.54) is 26.3 Å². The Kier molecular flexibility index (Phi) is 7.20. The number of urea groups is 1. The van der Waals surface area contributed by atoms with Crippen molar-refractivity contribution in [3.05, 3.63) is 54.1 Å². The Hall–Kier alpha value is -2.58. The van der Waals surface area contributed by atoms with Crippen LogP contribution in [0.25, 0.3) is 0 Å². The van der Waals surface area contributed by atoms with E-state index in [1.54, 1.807) is 36.4 Å². The number of nitrogens with zero attached hydrogens (tertiary/aromatic N) is 1. The van der Waals surface area contributed by atoms with E-state index in [4.69, 9.17) is 21.2 Å². The predicted molar refractivity (Wildman–Crippen MR) is 97.3 cm³/mol. The van der Waals surface area contributed by atoms with Crippen molar-refractivity contribution in [1.82, 2.24) is 5.06 Å². The minimum Gasteiger partial charge on any atom is -0.493 e. The number of hydrogen-bond acceptors (Lipinski definition) is 4. The zero-order chi connectivity index (χ0) is 19.9. The highest BCUT2D eigenvalue weighted by Crippen LogP contribution is 2.25. The highest BCUT2D eigenvalue weighted by atomic mass is 35.5. The molecule has 2 rings (SSSR count). The van der Waals surface area contributed by atoms with E-state index in [2.05, 4.69) is 10.1 Å². The van der Waals surface area contributed by atoms with E-state index in [9.17, 15) is 13.6 Å². The van der Waals surface area contributed by atoms with Gasteiger partial charge in [0.15, 0.2) is 0 Å². The van der Waals surface area contributed by atoms with Gasteiger partial charge in [0.25, 0.3) is 0 Å². The van der Waals surface area contributed by atoms with Gasteiger partial charge in [-0.1, -0.05) is 18.2 Å². The van der Waals surface area contributed by atoms with Crippen LogP contribution in [0.3, 0.4) is 0 Å². The lowest BCUT2D eigenvalue weighted by molar-refractivity contribution is -0.0964. The maximum Gasteiger partial charge on any atom is 0.487 e. The van der Waals surface area contributed by atoms with Gasteiger partial charge >= 0.3 is 11.6 Å². The van der Waals surface area contributed by atoms with Crippen LogP contribution in [0.15, 0.2) is 48.5 Å². The van der Waals surface area contributed by atoms with Crippen molar-refractivity contribution in [1.29, 1.82) is 0 Å². The minimum absolute atomic E-state index is 0.0239. The number of hydroxylamine groups is 2. The number of hydrogen-bond donors (Lipinski definition) is 1. The second-order valence-corrected chi connectivity index (χ2v) is 5.87. The Morgan fingerprint density at radius 3 is 2.52 bits per heavy atom. The Bertz CT molecular complexity index is 754. The maximum absolute atomic E-state index is 12.6.